The first-order valence-corrected chi connectivity index (χ1v) is 8.92. The molecule has 20 heavy (non-hydrogen) atoms. The summed E-state index contributed by atoms with van der Waals surface area (Å²) in [5, 5.41) is 9.79. The van der Waals surface area contributed by atoms with Crippen LogP contribution < -0.4 is 0 Å². The van der Waals surface area contributed by atoms with Crippen molar-refractivity contribution in [1.82, 2.24) is 9.80 Å². The van der Waals surface area contributed by atoms with Gasteiger partial charge in [-0.1, -0.05) is 0 Å². The summed E-state index contributed by atoms with van der Waals surface area (Å²) >= 11 is 0. The Kier molecular flexibility index (Phi) is 4.41. The molecule has 0 aromatic heterocycles. The number of nitrogens with zero attached hydrogens (tertiary/aromatic N) is 2. The molecule has 1 amide bonds. The number of rotatable bonds is 3. The molecule has 0 bridgehead atoms. The summed E-state index contributed by atoms with van der Waals surface area (Å²) in [6.45, 7) is 6.83. The molecule has 1 unspecified atom stereocenters. The maximum Gasteiger partial charge on any atom is 0.226 e. The van der Waals surface area contributed by atoms with Gasteiger partial charge in [0.2, 0.25) is 5.91 Å². The zero-order valence-electron chi connectivity index (χ0n) is 12.2. The van der Waals surface area contributed by atoms with Crippen LogP contribution >= 0.6 is 0 Å². The maximum absolute atomic E-state index is 12.3. The van der Waals surface area contributed by atoms with Crippen LogP contribution in [-0.4, -0.2) is 79.1 Å². The fourth-order valence-corrected chi connectivity index (χ4v) is 4.65. The third kappa shape index (κ3) is 4.17. The van der Waals surface area contributed by atoms with Gasteiger partial charge in [0.15, 0.2) is 9.84 Å². The van der Waals surface area contributed by atoms with Gasteiger partial charge in [-0.3, -0.25) is 9.69 Å². The van der Waals surface area contributed by atoms with Crippen molar-refractivity contribution in [1.29, 1.82) is 0 Å². The molecule has 2 rings (SSSR count). The number of amides is 1. The molecule has 0 aromatic carbocycles. The van der Waals surface area contributed by atoms with Crippen LogP contribution in [-0.2, 0) is 14.6 Å². The van der Waals surface area contributed by atoms with E-state index < -0.39 is 15.4 Å². The minimum absolute atomic E-state index is 0.00964. The highest BCUT2D eigenvalue weighted by atomic mass is 32.2. The summed E-state index contributed by atoms with van der Waals surface area (Å²) in [4.78, 5) is 16.2. The summed E-state index contributed by atoms with van der Waals surface area (Å²) in [6, 6.07) is 0. The van der Waals surface area contributed by atoms with Crippen LogP contribution in [0.3, 0.4) is 0 Å². The van der Waals surface area contributed by atoms with E-state index in [1.54, 1.807) is 18.7 Å². The van der Waals surface area contributed by atoms with Gasteiger partial charge in [0.05, 0.1) is 23.0 Å². The first-order chi connectivity index (χ1) is 9.16. The van der Waals surface area contributed by atoms with Crippen LogP contribution in [0.2, 0.25) is 0 Å². The number of β-amino-alcohol motifs (C(OH)–C–C–N with tert-alkyl or cyclic N) is 1. The molecule has 2 aliphatic rings. The Labute approximate surface area is 120 Å². The van der Waals surface area contributed by atoms with Gasteiger partial charge in [0, 0.05) is 32.7 Å². The molecule has 2 saturated heterocycles. The molecule has 2 aliphatic heterocycles. The molecule has 0 radical (unpaired) electrons. The van der Waals surface area contributed by atoms with Crippen LogP contribution in [0.5, 0.6) is 0 Å². The Morgan fingerprint density at radius 3 is 2.30 bits per heavy atom. The van der Waals surface area contributed by atoms with Gasteiger partial charge >= 0.3 is 0 Å². The number of carbonyl (C=O) groups is 1. The van der Waals surface area contributed by atoms with Gasteiger partial charge < -0.3 is 10.0 Å². The van der Waals surface area contributed by atoms with E-state index in [-0.39, 0.29) is 23.3 Å². The zero-order chi connectivity index (χ0) is 15.0. The molecule has 1 atom stereocenters. The number of hydrogen-bond donors (Lipinski definition) is 1. The van der Waals surface area contributed by atoms with E-state index in [0.717, 1.165) is 13.1 Å². The topological polar surface area (TPSA) is 77.9 Å². The summed E-state index contributed by atoms with van der Waals surface area (Å²) in [7, 11) is -3.00. The fourth-order valence-electron chi connectivity index (χ4n) is 2.92. The van der Waals surface area contributed by atoms with Crippen LogP contribution in [0.1, 0.15) is 20.3 Å². The molecule has 7 heteroatoms. The third-order valence-corrected chi connectivity index (χ3v) is 5.64. The van der Waals surface area contributed by atoms with E-state index >= 15 is 0 Å². The lowest BCUT2D eigenvalue weighted by Gasteiger charge is -2.38. The molecular weight excluding hydrogens is 280 g/mol. The Hall–Kier alpha value is -0.660. The largest absolute Gasteiger partial charge is 0.389 e. The van der Waals surface area contributed by atoms with Crippen molar-refractivity contribution in [2.45, 2.75) is 25.9 Å². The molecule has 1 N–H and O–H groups in total. The number of sulfone groups is 1. The molecule has 0 aliphatic carbocycles. The first kappa shape index (κ1) is 15.7. The van der Waals surface area contributed by atoms with E-state index in [4.69, 9.17) is 0 Å². The van der Waals surface area contributed by atoms with Gasteiger partial charge in [-0.05, 0) is 20.3 Å². The lowest BCUT2D eigenvalue weighted by molar-refractivity contribution is -0.136. The highest BCUT2D eigenvalue weighted by Gasteiger charge is 2.36. The number of aliphatic hydroxyl groups is 1. The molecule has 2 heterocycles. The van der Waals surface area contributed by atoms with Crippen molar-refractivity contribution in [3.05, 3.63) is 0 Å². The molecule has 0 spiro atoms. The van der Waals surface area contributed by atoms with Crippen molar-refractivity contribution >= 4 is 15.7 Å². The van der Waals surface area contributed by atoms with E-state index in [1.165, 1.54) is 0 Å². The van der Waals surface area contributed by atoms with Crippen molar-refractivity contribution < 1.29 is 18.3 Å². The molecule has 2 fully saturated rings. The summed E-state index contributed by atoms with van der Waals surface area (Å²) < 4.78 is 22.9. The Morgan fingerprint density at radius 1 is 1.25 bits per heavy atom. The average Bonchev–Trinajstić information content (AvgIpc) is 2.68. The van der Waals surface area contributed by atoms with E-state index in [2.05, 4.69) is 4.90 Å². The standard InChI is InChI=1S/C13H24N2O4S/c1-13(2,17)10-14-4-6-15(7-5-14)12(16)11-3-8-20(18,19)9-11/h11,17H,3-10H2,1-2H3. The second-order valence-electron chi connectivity index (χ2n) is 6.51. The number of piperazine rings is 1. The van der Waals surface area contributed by atoms with Crippen LogP contribution in [0, 0.1) is 5.92 Å². The van der Waals surface area contributed by atoms with Crippen LogP contribution in [0.4, 0.5) is 0 Å². The highest BCUT2D eigenvalue weighted by molar-refractivity contribution is 7.91. The molecular formula is C13H24N2O4S. The van der Waals surface area contributed by atoms with Gasteiger partial charge in [-0.25, -0.2) is 8.42 Å². The van der Waals surface area contributed by atoms with Crippen LogP contribution in [0.15, 0.2) is 0 Å². The SMILES string of the molecule is CC(C)(O)CN1CCN(C(=O)C2CCS(=O)(=O)C2)CC1. The zero-order valence-corrected chi connectivity index (χ0v) is 13.0. The maximum atomic E-state index is 12.3. The fraction of sp³-hybridized carbons (Fsp3) is 0.923. The first-order valence-electron chi connectivity index (χ1n) is 7.10. The van der Waals surface area contributed by atoms with Gasteiger partial charge in [-0.2, -0.15) is 0 Å². The third-order valence-electron chi connectivity index (χ3n) is 3.88. The second-order valence-corrected chi connectivity index (χ2v) is 8.74. The Balaban J connectivity index is 1.83. The van der Waals surface area contributed by atoms with Crippen molar-refractivity contribution in [3.8, 4) is 0 Å². The van der Waals surface area contributed by atoms with Crippen LogP contribution in [0.25, 0.3) is 0 Å². The van der Waals surface area contributed by atoms with Gasteiger partial charge in [0.1, 0.15) is 0 Å². The monoisotopic (exact) mass is 304 g/mol. The van der Waals surface area contributed by atoms with Crippen molar-refractivity contribution in [3.63, 3.8) is 0 Å². The average molecular weight is 304 g/mol. The molecule has 116 valence electrons. The van der Waals surface area contributed by atoms with Gasteiger partial charge in [-0.15, -0.1) is 0 Å². The summed E-state index contributed by atoms with van der Waals surface area (Å²) in [6.07, 6.45) is 0.463. The predicted octanol–water partition coefficient (Wildman–Crippen LogP) is -0.664. The molecule has 0 aromatic rings. The number of hydrogen-bond acceptors (Lipinski definition) is 5. The quantitative estimate of drug-likeness (QED) is 0.749. The lowest BCUT2D eigenvalue weighted by atomic mass is 10.1. The normalized spacial score (nSPS) is 27.8. The lowest BCUT2D eigenvalue weighted by Crippen LogP contribution is -2.53. The van der Waals surface area contributed by atoms with E-state index in [0.29, 0.717) is 26.1 Å². The molecule has 0 saturated carbocycles. The smallest absolute Gasteiger partial charge is 0.226 e. The van der Waals surface area contributed by atoms with E-state index in [9.17, 15) is 18.3 Å². The minimum Gasteiger partial charge on any atom is -0.389 e. The minimum atomic E-state index is -3.00. The van der Waals surface area contributed by atoms with E-state index in [1.807, 2.05) is 0 Å². The predicted molar refractivity (Wildman–Crippen MR) is 76.1 cm³/mol. The van der Waals surface area contributed by atoms with Gasteiger partial charge in [0.25, 0.3) is 0 Å². The summed E-state index contributed by atoms with van der Waals surface area (Å²) in [5.41, 5.74) is -0.730. The van der Waals surface area contributed by atoms with Crippen molar-refractivity contribution in [2.75, 3.05) is 44.2 Å². The number of carbonyl (C=O) groups excluding carboxylic acids is 1. The Bertz CT molecular complexity index is 461. The highest BCUT2D eigenvalue weighted by Crippen LogP contribution is 2.21. The summed E-state index contributed by atoms with van der Waals surface area (Å²) in [5.74, 6) is -0.215. The molecule has 6 nitrogen and oxygen atoms in total. The second kappa shape index (κ2) is 5.61. The Morgan fingerprint density at radius 2 is 1.85 bits per heavy atom. The van der Waals surface area contributed by atoms with Crippen molar-refractivity contribution in [2.24, 2.45) is 5.92 Å².